The summed E-state index contributed by atoms with van der Waals surface area (Å²) in [6.07, 6.45) is 17.2. The minimum absolute atomic E-state index is 0.118. The van der Waals surface area contributed by atoms with Crippen molar-refractivity contribution >= 4 is 16.9 Å². The Labute approximate surface area is 170 Å². The predicted octanol–water partition coefficient (Wildman–Crippen LogP) is 4.85. The third-order valence-corrected chi connectivity index (χ3v) is 6.11. The standard InChI is InChI=1S/C23H24N6/c24-14-16-5-7-17(8-6-16)22-23-20(15-27-29(23)12-11-26-22)18-9-10-25-21(13-18)28-19-3-1-2-4-19/h7,9-13,15-16,19H,1-6,8H2,(H,25,28). The van der Waals surface area contributed by atoms with Gasteiger partial charge in [-0.3, -0.25) is 4.98 Å². The van der Waals surface area contributed by atoms with Crippen LogP contribution in [0.1, 0.15) is 50.6 Å². The summed E-state index contributed by atoms with van der Waals surface area (Å²) in [5.41, 5.74) is 5.36. The number of aromatic nitrogens is 4. The van der Waals surface area contributed by atoms with E-state index in [0.717, 1.165) is 47.4 Å². The number of allylic oxidation sites excluding steroid dienone is 2. The van der Waals surface area contributed by atoms with E-state index in [1.54, 1.807) is 6.20 Å². The van der Waals surface area contributed by atoms with E-state index in [9.17, 15) is 5.26 Å². The van der Waals surface area contributed by atoms with Crippen LogP contribution in [0.4, 0.5) is 5.82 Å². The molecule has 1 atom stereocenters. The van der Waals surface area contributed by atoms with E-state index in [1.165, 1.54) is 31.3 Å². The zero-order valence-electron chi connectivity index (χ0n) is 16.4. The van der Waals surface area contributed by atoms with Gasteiger partial charge < -0.3 is 5.32 Å². The highest BCUT2D eigenvalue weighted by Crippen LogP contribution is 2.35. The topological polar surface area (TPSA) is 78.9 Å². The molecule has 1 N–H and O–H groups in total. The number of anilines is 1. The lowest BCUT2D eigenvalue weighted by molar-refractivity contribution is 0.603. The Kier molecular flexibility index (Phi) is 4.73. The zero-order valence-corrected chi connectivity index (χ0v) is 16.4. The summed E-state index contributed by atoms with van der Waals surface area (Å²) in [7, 11) is 0. The first-order valence-corrected chi connectivity index (χ1v) is 10.5. The first-order chi connectivity index (χ1) is 14.3. The van der Waals surface area contributed by atoms with Crippen LogP contribution in [0.15, 0.2) is 43.0 Å². The van der Waals surface area contributed by atoms with Gasteiger partial charge in [0.2, 0.25) is 0 Å². The summed E-state index contributed by atoms with van der Waals surface area (Å²) in [5.74, 6) is 1.04. The Morgan fingerprint density at radius 2 is 2.03 bits per heavy atom. The van der Waals surface area contributed by atoms with Gasteiger partial charge in [-0.25, -0.2) is 9.50 Å². The van der Waals surface area contributed by atoms with Crippen molar-refractivity contribution in [2.45, 2.75) is 51.0 Å². The summed E-state index contributed by atoms with van der Waals surface area (Å²) in [6, 6.07) is 7.07. The number of nitrogens with one attached hydrogen (secondary N) is 1. The first-order valence-electron chi connectivity index (χ1n) is 10.5. The lowest BCUT2D eigenvalue weighted by Crippen LogP contribution is -2.15. The maximum absolute atomic E-state index is 9.19. The van der Waals surface area contributed by atoms with Gasteiger partial charge in [0.1, 0.15) is 5.82 Å². The second kappa shape index (κ2) is 7.67. The fraction of sp³-hybridized carbons (Fsp3) is 0.391. The van der Waals surface area contributed by atoms with E-state index < -0.39 is 0 Å². The minimum atomic E-state index is 0.118. The Hall–Kier alpha value is -3.20. The quantitative estimate of drug-likeness (QED) is 0.695. The SMILES string of the molecule is N#CC1CC=C(c2nccn3ncc(-c4ccnc(NC5CCCC5)c4)c23)CC1. The van der Waals surface area contributed by atoms with Crippen molar-refractivity contribution in [3.05, 3.63) is 48.7 Å². The average Bonchev–Trinajstić information content (AvgIpc) is 3.44. The van der Waals surface area contributed by atoms with Crippen LogP contribution in [-0.2, 0) is 0 Å². The number of rotatable bonds is 4. The summed E-state index contributed by atoms with van der Waals surface area (Å²) in [5, 5.41) is 17.3. The molecule has 3 heterocycles. The molecule has 0 spiro atoms. The van der Waals surface area contributed by atoms with Crippen LogP contribution in [-0.4, -0.2) is 25.6 Å². The van der Waals surface area contributed by atoms with Crippen LogP contribution in [0.3, 0.4) is 0 Å². The summed E-state index contributed by atoms with van der Waals surface area (Å²) < 4.78 is 1.90. The van der Waals surface area contributed by atoms with Crippen molar-refractivity contribution in [1.29, 1.82) is 5.26 Å². The van der Waals surface area contributed by atoms with Gasteiger partial charge in [0.25, 0.3) is 0 Å². The Balaban J connectivity index is 1.53. The van der Waals surface area contributed by atoms with Gasteiger partial charge >= 0.3 is 0 Å². The Bertz CT molecular complexity index is 1100. The molecular formula is C23H24N6. The van der Waals surface area contributed by atoms with Gasteiger partial charge in [0.15, 0.2) is 0 Å². The maximum Gasteiger partial charge on any atom is 0.126 e. The van der Waals surface area contributed by atoms with E-state index in [2.05, 4.69) is 33.6 Å². The normalized spacial score (nSPS) is 19.8. The Morgan fingerprint density at radius 1 is 1.14 bits per heavy atom. The van der Waals surface area contributed by atoms with Crippen LogP contribution in [0, 0.1) is 17.2 Å². The molecule has 1 saturated carbocycles. The fourth-order valence-corrected chi connectivity index (χ4v) is 4.51. The molecule has 6 heteroatoms. The molecule has 146 valence electrons. The highest BCUT2D eigenvalue weighted by Gasteiger charge is 2.20. The molecular weight excluding hydrogens is 360 g/mol. The number of hydrogen-bond acceptors (Lipinski definition) is 5. The first kappa shape index (κ1) is 17.9. The van der Waals surface area contributed by atoms with Crippen LogP contribution < -0.4 is 5.32 Å². The lowest BCUT2D eigenvalue weighted by atomic mass is 9.88. The molecule has 2 aliphatic carbocycles. The van der Waals surface area contributed by atoms with Gasteiger partial charge in [-0.1, -0.05) is 18.9 Å². The highest BCUT2D eigenvalue weighted by atomic mass is 15.2. The predicted molar refractivity (Wildman–Crippen MR) is 113 cm³/mol. The summed E-state index contributed by atoms with van der Waals surface area (Å²) in [4.78, 5) is 9.23. The molecule has 3 aromatic heterocycles. The molecule has 0 bridgehead atoms. The molecule has 29 heavy (non-hydrogen) atoms. The van der Waals surface area contributed by atoms with Gasteiger partial charge in [0.05, 0.1) is 29.4 Å². The minimum Gasteiger partial charge on any atom is -0.367 e. The molecule has 1 fully saturated rings. The van der Waals surface area contributed by atoms with Crippen molar-refractivity contribution in [3.63, 3.8) is 0 Å². The van der Waals surface area contributed by atoms with Crippen molar-refractivity contribution in [1.82, 2.24) is 19.6 Å². The van der Waals surface area contributed by atoms with E-state index in [-0.39, 0.29) is 5.92 Å². The van der Waals surface area contributed by atoms with Crippen molar-refractivity contribution < 1.29 is 0 Å². The van der Waals surface area contributed by atoms with Gasteiger partial charge in [-0.15, -0.1) is 0 Å². The van der Waals surface area contributed by atoms with Crippen molar-refractivity contribution in [2.75, 3.05) is 5.32 Å². The molecule has 0 radical (unpaired) electrons. The number of nitrogens with zero attached hydrogens (tertiary/aromatic N) is 5. The molecule has 1 unspecified atom stereocenters. The second-order valence-corrected chi connectivity index (χ2v) is 8.01. The second-order valence-electron chi connectivity index (χ2n) is 8.01. The molecule has 0 aliphatic heterocycles. The summed E-state index contributed by atoms with van der Waals surface area (Å²) >= 11 is 0. The highest BCUT2D eigenvalue weighted by molar-refractivity contribution is 5.89. The summed E-state index contributed by atoms with van der Waals surface area (Å²) in [6.45, 7) is 0. The number of pyridine rings is 1. The molecule has 3 aromatic rings. The van der Waals surface area contributed by atoms with E-state index in [0.29, 0.717) is 6.04 Å². The van der Waals surface area contributed by atoms with E-state index in [4.69, 9.17) is 4.98 Å². The molecule has 0 aromatic carbocycles. The zero-order chi connectivity index (χ0) is 19.6. The largest absolute Gasteiger partial charge is 0.367 e. The smallest absolute Gasteiger partial charge is 0.126 e. The third kappa shape index (κ3) is 3.49. The van der Waals surface area contributed by atoms with Gasteiger partial charge in [-0.05, 0) is 55.4 Å². The number of fused-ring (bicyclic) bond motifs is 1. The molecule has 2 aliphatic rings. The van der Waals surface area contributed by atoms with Crippen molar-refractivity contribution in [2.24, 2.45) is 5.92 Å². The molecule has 0 saturated heterocycles. The molecule has 0 amide bonds. The van der Waals surface area contributed by atoms with Crippen LogP contribution in [0.2, 0.25) is 0 Å². The van der Waals surface area contributed by atoms with Crippen LogP contribution >= 0.6 is 0 Å². The van der Waals surface area contributed by atoms with Gasteiger partial charge in [-0.2, -0.15) is 10.4 Å². The Morgan fingerprint density at radius 3 is 2.83 bits per heavy atom. The van der Waals surface area contributed by atoms with Crippen LogP contribution in [0.5, 0.6) is 0 Å². The van der Waals surface area contributed by atoms with E-state index in [1.807, 2.05) is 29.2 Å². The fourth-order valence-electron chi connectivity index (χ4n) is 4.51. The van der Waals surface area contributed by atoms with Crippen LogP contribution in [0.25, 0.3) is 22.2 Å². The number of hydrogen-bond donors (Lipinski definition) is 1. The third-order valence-electron chi connectivity index (χ3n) is 6.11. The van der Waals surface area contributed by atoms with E-state index >= 15 is 0 Å². The monoisotopic (exact) mass is 384 g/mol. The van der Waals surface area contributed by atoms with Gasteiger partial charge in [0, 0.05) is 30.2 Å². The van der Waals surface area contributed by atoms with Crippen molar-refractivity contribution in [3.8, 4) is 17.2 Å². The molecule has 6 nitrogen and oxygen atoms in total. The maximum atomic E-state index is 9.19. The molecule has 5 rings (SSSR count). The number of nitriles is 1. The average molecular weight is 384 g/mol. The lowest BCUT2D eigenvalue weighted by Gasteiger charge is -2.17.